The Kier molecular flexibility index (Phi) is 2.93. The summed E-state index contributed by atoms with van der Waals surface area (Å²) in [6, 6.07) is 0. The van der Waals surface area contributed by atoms with Gasteiger partial charge in [-0.25, -0.2) is 4.68 Å². The molecular weight excluding hydrogens is 204 g/mol. The van der Waals surface area contributed by atoms with E-state index in [1.165, 1.54) is 12.6 Å². The molecule has 0 radical (unpaired) electrons. The van der Waals surface area contributed by atoms with E-state index in [1.54, 1.807) is 4.68 Å². The Bertz CT molecular complexity index is 308. The molecule has 1 fully saturated rings. The summed E-state index contributed by atoms with van der Waals surface area (Å²) in [5.74, 6) is 0.0301. The van der Waals surface area contributed by atoms with Crippen LogP contribution in [0.15, 0.2) is 6.20 Å². The van der Waals surface area contributed by atoms with Crippen molar-refractivity contribution >= 4 is 11.6 Å². The first-order valence-corrected chi connectivity index (χ1v) is 5.17. The molecule has 0 aliphatic carbocycles. The summed E-state index contributed by atoms with van der Waals surface area (Å²) in [4.78, 5) is 0. The van der Waals surface area contributed by atoms with Crippen LogP contribution >= 0.6 is 11.6 Å². The van der Waals surface area contributed by atoms with Gasteiger partial charge >= 0.3 is 0 Å². The van der Waals surface area contributed by atoms with E-state index in [1.807, 2.05) is 0 Å². The van der Waals surface area contributed by atoms with Crippen molar-refractivity contribution < 1.29 is 9.84 Å². The van der Waals surface area contributed by atoms with Gasteiger partial charge in [0.1, 0.15) is 0 Å². The average Bonchev–Trinajstić information content (AvgIpc) is 2.52. The summed E-state index contributed by atoms with van der Waals surface area (Å²) in [6.07, 6.45) is 4.90. The molecule has 5 heteroatoms. The molecule has 1 N–H and O–H groups in total. The van der Waals surface area contributed by atoms with E-state index >= 15 is 0 Å². The van der Waals surface area contributed by atoms with Crippen LogP contribution in [0, 0.1) is 0 Å². The largest absolute Gasteiger partial charge is 0.504 e. The topological polar surface area (TPSA) is 47.3 Å². The molecule has 0 amide bonds. The quantitative estimate of drug-likeness (QED) is 0.820. The highest BCUT2D eigenvalue weighted by Crippen LogP contribution is 2.23. The van der Waals surface area contributed by atoms with Crippen LogP contribution < -0.4 is 0 Å². The second-order valence-electron chi connectivity index (χ2n) is 3.49. The minimum Gasteiger partial charge on any atom is -0.504 e. The Labute approximate surface area is 87.4 Å². The van der Waals surface area contributed by atoms with Gasteiger partial charge in [0.25, 0.3) is 0 Å². The number of aromatic nitrogens is 2. The molecule has 2 rings (SSSR count). The predicted octanol–water partition coefficient (Wildman–Crippen LogP) is 1.81. The Morgan fingerprint density at radius 2 is 2.50 bits per heavy atom. The normalized spacial score (nSPS) is 22.5. The first-order chi connectivity index (χ1) is 6.77. The molecule has 1 aliphatic rings. The van der Waals surface area contributed by atoms with E-state index in [9.17, 15) is 5.11 Å². The van der Waals surface area contributed by atoms with E-state index in [0.717, 1.165) is 19.4 Å². The molecule has 0 spiro atoms. The third-order valence-corrected chi connectivity index (χ3v) is 2.80. The van der Waals surface area contributed by atoms with Crippen LogP contribution in [0.25, 0.3) is 0 Å². The van der Waals surface area contributed by atoms with Crippen LogP contribution in [0.3, 0.4) is 0 Å². The number of halogens is 1. The molecule has 14 heavy (non-hydrogen) atoms. The van der Waals surface area contributed by atoms with Crippen molar-refractivity contribution in [1.82, 2.24) is 9.78 Å². The lowest BCUT2D eigenvalue weighted by Gasteiger charge is -2.22. The van der Waals surface area contributed by atoms with E-state index < -0.39 is 0 Å². The lowest BCUT2D eigenvalue weighted by atomic mass is 10.1. The monoisotopic (exact) mass is 216 g/mol. The zero-order valence-electron chi connectivity index (χ0n) is 7.82. The van der Waals surface area contributed by atoms with Gasteiger partial charge in [0.05, 0.1) is 18.8 Å². The fourth-order valence-electron chi connectivity index (χ4n) is 1.63. The van der Waals surface area contributed by atoms with Gasteiger partial charge in [0.2, 0.25) is 0 Å². The van der Waals surface area contributed by atoms with Crippen molar-refractivity contribution in [3.05, 3.63) is 11.3 Å². The summed E-state index contributed by atoms with van der Waals surface area (Å²) < 4.78 is 7.12. The van der Waals surface area contributed by atoms with Crippen LogP contribution in [0.5, 0.6) is 5.75 Å². The van der Waals surface area contributed by atoms with E-state index in [2.05, 4.69) is 5.10 Å². The highest BCUT2D eigenvalue weighted by Gasteiger charge is 2.17. The van der Waals surface area contributed by atoms with Gasteiger partial charge in [-0.15, -0.1) is 0 Å². The molecule has 1 aromatic rings. The maximum Gasteiger partial charge on any atom is 0.172 e. The van der Waals surface area contributed by atoms with E-state index in [0.29, 0.717) is 11.7 Å². The molecular formula is C9H13ClN2O2. The number of hydrogen-bond donors (Lipinski definition) is 1. The zero-order chi connectivity index (χ0) is 9.97. The van der Waals surface area contributed by atoms with Gasteiger partial charge in [-0.2, -0.15) is 5.10 Å². The molecule has 2 heterocycles. The minimum absolute atomic E-state index is 0.0301. The summed E-state index contributed by atoms with van der Waals surface area (Å²) in [7, 11) is 0. The second-order valence-corrected chi connectivity index (χ2v) is 3.85. The highest BCUT2D eigenvalue weighted by atomic mass is 35.5. The van der Waals surface area contributed by atoms with Gasteiger partial charge in [0.15, 0.2) is 10.9 Å². The summed E-state index contributed by atoms with van der Waals surface area (Å²) in [6.45, 7) is 1.44. The molecule has 78 valence electrons. The number of ether oxygens (including phenoxy) is 1. The standard InChI is InChI=1S/C9H13ClN2O2/c10-9-8(13)5-11-12(9)6-7-3-1-2-4-14-7/h5,7,13H,1-4,6H2. The number of aromatic hydroxyl groups is 1. The molecule has 1 aromatic heterocycles. The first kappa shape index (κ1) is 9.80. The third kappa shape index (κ3) is 2.01. The van der Waals surface area contributed by atoms with Crippen molar-refractivity contribution in [2.45, 2.75) is 31.9 Å². The number of nitrogens with zero attached hydrogens (tertiary/aromatic N) is 2. The highest BCUT2D eigenvalue weighted by molar-refractivity contribution is 6.30. The third-order valence-electron chi connectivity index (χ3n) is 2.41. The van der Waals surface area contributed by atoms with Crippen molar-refractivity contribution in [2.24, 2.45) is 0 Å². The van der Waals surface area contributed by atoms with Gasteiger partial charge in [-0.3, -0.25) is 0 Å². The van der Waals surface area contributed by atoms with E-state index in [-0.39, 0.29) is 11.9 Å². The molecule has 1 aliphatic heterocycles. The molecule has 0 bridgehead atoms. The predicted molar refractivity (Wildman–Crippen MR) is 52.5 cm³/mol. The maximum atomic E-state index is 9.21. The van der Waals surface area contributed by atoms with Crippen LogP contribution in [0.2, 0.25) is 5.15 Å². The Hall–Kier alpha value is -0.740. The molecule has 0 aromatic carbocycles. The van der Waals surface area contributed by atoms with Gasteiger partial charge in [0, 0.05) is 6.61 Å². The number of hydrogen-bond acceptors (Lipinski definition) is 3. The molecule has 0 saturated carbocycles. The Balaban J connectivity index is 1.99. The van der Waals surface area contributed by atoms with Crippen molar-refractivity contribution in [3.8, 4) is 5.75 Å². The molecule has 1 unspecified atom stereocenters. The van der Waals surface area contributed by atoms with Gasteiger partial charge in [-0.05, 0) is 19.3 Å². The van der Waals surface area contributed by atoms with E-state index in [4.69, 9.17) is 16.3 Å². The average molecular weight is 217 g/mol. The van der Waals surface area contributed by atoms with Crippen LogP contribution in [-0.4, -0.2) is 27.6 Å². The summed E-state index contributed by atoms with van der Waals surface area (Å²) in [5, 5.41) is 13.5. The molecule has 4 nitrogen and oxygen atoms in total. The molecule has 1 atom stereocenters. The summed E-state index contributed by atoms with van der Waals surface area (Å²) >= 11 is 5.82. The van der Waals surface area contributed by atoms with Gasteiger partial charge < -0.3 is 9.84 Å². The van der Waals surface area contributed by atoms with Crippen molar-refractivity contribution in [3.63, 3.8) is 0 Å². The fraction of sp³-hybridized carbons (Fsp3) is 0.667. The number of rotatable bonds is 2. The molecule has 1 saturated heterocycles. The Morgan fingerprint density at radius 3 is 3.07 bits per heavy atom. The van der Waals surface area contributed by atoms with Crippen molar-refractivity contribution in [1.29, 1.82) is 0 Å². The van der Waals surface area contributed by atoms with Crippen LogP contribution in [0.4, 0.5) is 0 Å². The fourth-order valence-corrected chi connectivity index (χ4v) is 1.79. The lowest BCUT2D eigenvalue weighted by Crippen LogP contribution is -2.24. The lowest BCUT2D eigenvalue weighted by molar-refractivity contribution is 0.00402. The SMILES string of the molecule is Oc1cnn(CC2CCCCO2)c1Cl. The smallest absolute Gasteiger partial charge is 0.172 e. The zero-order valence-corrected chi connectivity index (χ0v) is 8.57. The van der Waals surface area contributed by atoms with Crippen LogP contribution in [0.1, 0.15) is 19.3 Å². The second kappa shape index (κ2) is 4.19. The Morgan fingerprint density at radius 1 is 1.64 bits per heavy atom. The van der Waals surface area contributed by atoms with Crippen LogP contribution in [-0.2, 0) is 11.3 Å². The maximum absolute atomic E-state index is 9.21. The van der Waals surface area contributed by atoms with Gasteiger partial charge in [-0.1, -0.05) is 11.6 Å². The van der Waals surface area contributed by atoms with Crippen molar-refractivity contribution in [2.75, 3.05) is 6.61 Å². The summed E-state index contributed by atoms with van der Waals surface area (Å²) in [5.41, 5.74) is 0. The first-order valence-electron chi connectivity index (χ1n) is 4.79. The minimum atomic E-state index is 0.0301.